The molecule has 2 aliphatic rings. The zero-order valence-electron chi connectivity index (χ0n) is 17.3. The minimum absolute atomic E-state index is 0.0121. The molecule has 0 fully saturated rings. The summed E-state index contributed by atoms with van der Waals surface area (Å²) < 4.78 is 23.3. The summed E-state index contributed by atoms with van der Waals surface area (Å²) >= 11 is 6.21. The second-order valence-corrected chi connectivity index (χ2v) is 8.88. The summed E-state index contributed by atoms with van der Waals surface area (Å²) in [5, 5.41) is 1.53. The van der Waals surface area contributed by atoms with Crippen molar-refractivity contribution >= 4 is 36.7 Å². The number of carbonyl (C=O) groups excluding carboxylic acids is 1. The highest BCUT2D eigenvalue weighted by Crippen LogP contribution is 2.44. The van der Waals surface area contributed by atoms with Crippen LogP contribution >= 0.6 is 19.9 Å². The molecular weight excluding hydrogens is 455 g/mol. The summed E-state index contributed by atoms with van der Waals surface area (Å²) in [6, 6.07) is 7.11. The number of carbonyl (C=O) groups is 1. The second kappa shape index (κ2) is 7.46. The first kappa shape index (κ1) is 21.2. The van der Waals surface area contributed by atoms with Crippen LogP contribution in [-0.4, -0.2) is 15.5 Å². The Morgan fingerprint density at radius 3 is 2.75 bits per heavy atom. The van der Waals surface area contributed by atoms with Gasteiger partial charge in [0.15, 0.2) is 0 Å². The van der Waals surface area contributed by atoms with Crippen molar-refractivity contribution < 1.29 is 23.5 Å². The Morgan fingerprint density at radius 2 is 2.06 bits per heavy atom. The Morgan fingerprint density at radius 1 is 1.28 bits per heavy atom. The molecule has 2 aliphatic heterocycles. The van der Waals surface area contributed by atoms with Crippen molar-refractivity contribution in [3.63, 3.8) is 0 Å². The van der Waals surface area contributed by atoms with Crippen LogP contribution in [0.4, 0.5) is 0 Å². The maximum atomic E-state index is 13.4. The van der Waals surface area contributed by atoms with Crippen molar-refractivity contribution in [1.29, 1.82) is 0 Å². The molecule has 0 bridgehead atoms. The van der Waals surface area contributed by atoms with Gasteiger partial charge in [0.05, 0.1) is 29.0 Å². The maximum Gasteiger partial charge on any atom is 0.490 e. The number of ether oxygens (including phenoxy) is 1. The number of nitrogens with zero attached hydrogens (tertiary/aromatic N) is 2. The number of benzene rings is 1. The first-order valence-electron chi connectivity index (χ1n) is 10.2. The average Bonchev–Trinajstić information content (AvgIpc) is 3.12. The molecule has 32 heavy (non-hydrogen) atoms. The molecule has 4 heterocycles. The summed E-state index contributed by atoms with van der Waals surface area (Å²) in [6.45, 7) is 3.72. The molecule has 0 aliphatic carbocycles. The average molecular weight is 473 g/mol. The highest BCUT2D eigenvalue weighted by molar-refractivity contribution is 7.30. The fourth-order valence-corrected chi connectivity index (χ4v) is 5.53. The van der Waals surface area contributed by atoms with Gasteiger partial charge in [0.1, 0.15) is 6.61 Å². The molecule has 0 saturated carbocycles. The van der Waals surface area contributed by atoms with E-state index in [1.165, 1.54) is 0 Å². The lowest BCUT2D eigenvalue weighted by atomic mass is 9.86. The third kappa shape index (κ3) is 2.87. The molecule has 3 aromatic rings. The van der Waals surface area contributed by atoms with Gasteiger partial charge >= 0.3 is 14.2 Å². The minimum Gasteiger partial charge on any atom is -0.566 e. The van der Waals surface area contributed by atoms with E-state index in [0.717, 1.165) is 22.0 Å². The fourth-order valence-electron chi connectivity index (χ4n) is 4.80. The number of fused-ring (bicyclic) bond motifs is 5. The number of esters is 1. The van der Waals surface area contributed by atoms with E-state index in [-0.39, 0.29) is 29.7 Å². The van der Waals surface area contributed by atoms with Gasteiger partial charge in [-0.2, -0.15) is 0 Å². The number of pyridine rings is 2. The number of hydrogen-bond acceptors (Lipinski definition) is 7. The Bertz CT molecular complexity index is 1400. The molecule has 8 nitrogen and oxygen atoms in total. The topological polar surface area (TPSA) is 111 Å². The van der Waals surface area contributed by atoms with Gasteiger partial charge in [-0.15, -0.1) is 4.52 Å². The Kier molecular flexibility index (Phi) is 4.94. The van der Waals surface area contributed by atoms with E-state index < -0.39 is 19.8 Å². The lowest BCUT2D eigenvalue weighted by molar-refractivity contribution is -0.207. The lowest BCUT2D eigenvalue weighted by Crippen LogP contribution is -2.45. The number of cyclic esters (lactones) is 1. The summed E-state index contributed by atoms with van der Waals surface area (Å²) in [5.41, 5.74) is 2.03. The van der Waals surface area contributed by atoms with Crippen molar-refractivity contribution in [3.8, 4) is 11.4 Å². The molecule has 2 atom stereocenters. The standard InChI is InChI=1S/C22H18ClN2O6P/c1-3-12-13-7-11(23)5-6-17(13)24-19-14(12)9-25-18(19)8-16-15(20(25)26)10-30-21(27)22(16,4-2)31-32(28)29/h5-8H,3-4,9-10H2,1-2H3/t22-/m0/s1. The summed E-state index contributed by atoms with van der Waals surface area (Å²) in [5.74, 6) is -0.829. The van der Waals surface area contributed by atoms with E-state index in [9.17, 15) is 19.0 Å². The highest BCUT2D eigenvalue weighted by atomic mass is 35.5. The van der Waals surface area contributed by atoms with Gasteiger partial charge in [0.25, 0.3) is 5.56 Å². The molecule has 0 saturated heterocycles. The Labute approximate surface area is 188 Å². The third-order valence-corrected chi connectivity index (χ3v) is 7.02. The molecule has 1 aromatic carbocycles. The normalized spacial score (nSPS) is 19.4. The van der Waals surface area contributed by atoms with Crippen LogP contribution in [0.15, 0.2) is 29.1 Å². The van der Waals surface area contributed by atoms with Crippen LogP contribution in [0.25, 0.3) is 22.3 Å². The quantitative estimate of drug-likeness (QED) is 0.331. The first-order chi connectivity index (χ1) is 15.3. The minimum atomic E-state index is -3.37. The van der Waals surface area contributed by atoms with Gasteiger partial charge in [-0.05, 0) is 47.2 Å². The van der Waals surface area contributed by atoms with Gasteiger partial charge in [0, 0.05) is 21.5 Å². The van der Waals surface area contributed by atoms with Crippen LogP contribution in [-0.2, 0) is 43.8 Å². The Hall–Kier alpha value is -2.64. The van der Waals surface area contributed by atoms with Crippen LogP contribution in [0.3, 0.4) is 0 Å². The van der Waals surface area contributed by atoms with Crippen molar-refractivity contribution in [3.05, 3.63) is 61.9 Å². The van der Waals surface area contributed by atoms with Gasteiger partial charge in [-0.3, -0.25) is 4.79 Å². The summed E-state index contributed by atoms with van der Waals surface area (Å²) in [4.78, 5) is 42.3. The molecule has 0 N–H and O–H groups in total. The third-order valence-electron chi connectivity index (χ3n) is 6.32. The number of halogens is 1. The van der Waals surface area contributed by atoms with Gasteiger partial charge < -0.3 is 14.2 Å². The summed E-state index contributed by atoms with van der Waals surface area (Å²) in [6.07, 6.45) is 0.701. The van der Waals surface area contributed by atoms with Crippen LogP contribution in [0, 0.1) is 0 Å². The van der Waals surface area contributed by atoms with Gasteiger partial charge in [-0.1, -0.05) is 25.4 Å². The van der Waals surface area contributed by atoms with Crippen molar-refractivity contribution in [2.24, 2.45) is 0 Å². The fraction of sp³-hybridized carbons (Fsp3) is 0.318. The van der Waals surface area contributed by atoms with Gasteiger partial charge in [-0.25, -0.2) is 9.78 Å². The van der Waals surface area contributed by atoms with Crippen LogP contribution in [0.1, 0.15) is 42.5 Å². The number of hydrogen-bond donors (Lipinski definition) is 0. The van der Waals surface area contributed by atoms with E-state index in [0.29, 0.717) is 29.4 Å². The lowest BCUT2D eigenvalue weighted by Gasteiger charge is -2.31. The smallest absolute Gasteiger partial charge is 0.490 e. The number of aromatic nitrogens is 2. The number of rotatable bonds is 4. The molecule has 1 unspecified atom stereocenters. The van der Waals surface area contributed by atoms with E-state index in [4.69, 9.17) is 25.8 Å². The monoisotopic (exact) mass is 472 g/mol. The zero-order valence-corrected chi connectivity index (χ0v) is 19.0. The van der Waals surface area contributed by atoms with Crippen molar-refractivity contribution in [2.75, 3.05) is 0 Å². The summed E-state index contributed by atoms with van der Waals surface area (Å²) in [7, 11) is -3.37. The molecular formula is C22H18ClN2O6P. The van der Waals surface area contributed by atoms with Crippen LogP contribution < -0.4 is 10.5 Å². The highest BCUT2D eigenvalue weighted by Gasteiger charge is 2.52. The zero-order chi connectivity index (χ0) is 22.8. The van der Waals surface area contributed by atoms with E-state index >= 15 is 0 Å². The van der Waals surface area contributed by atoms with E-state index in [1.807, 2.05) is 19.1 Å². The SMILES string of the molecule is CCc1c2c(nc3ccc(Cl)cc13)-c1cc3c(c(=O)n1C2)COC(=O)[C@@]3(CC)O[P+](=O)[O-]. The Balaban J connectivity index is 1.82. The number of aryl methyl sites for hydroxylation is 1. The molecule has 2 aromatic heterocycles. The maximum absolute atomic E-state index is 13.4. The van der Waals surface area contributed by atoms with Crippen molar-refractivity contribution in [2.45, 2.75) is 45.4 Å². The molecule has 5 rings (SSSR count). The second-order valence-electron chi connectivity index (χ2n) is 7.82. The first-order valence-corrected chi connectivity index (χ1v) is 11.7. The predicted octanol–water partition coefficient (Wildman–Crippen LogP) is 3.34. The molecule has 164 valence electrons. The molecule has 10 heteroatoms. The largest absolute Gasteiger partial charge is 0.566 e. The van der Waals surface area contributed by atoms with E-state index in [2.05, 4.69) is 0 Å². The predicted molar refractivity (Wildman–Crippen MR) is 115 cm³/mol. The molecule has 0 amide bonds. The van der Waals surface area contributed by atoms with E-state index in [1.54, 1.807) is 23.6 Å². The van der Waals surface area contributed by atoms with Crippen LogP contribution in [0.2, 0.25) is 5.02 Å². The van der Waals surface area contributed by atoms with Crippen molar-refractivity contribution in [1.82, 2.24) is 9.55 Å². The van der Waals surface area contributed by atoms with Crippen LogP contribution in [0.5, 0.6) is 0 Å². The molecule has 0 spiro atoms. The van der Waals surface area contributed by atoms with Gasteiger partial charge in [0.2, 0.25) is 5.60 Å². The molecule has 0 radical (unpaired) electrons.